The number of rotatable bonds is 7. The lowest BCUT2D eigenvalue weighted by molar-refractivity contribution is -0.0512. The molecule has 0 aliphatic carbocycles. The largest absolute Gasteiger partial charge is 0.493 e. The highest BCUT2D eigenvalue weighted by molar-refractivity contribution is 5.93. The Labute approximate surface area is 137 Å². The zero-order valence-electron chi connectivity index (χ0n) is 13.3. The molecule has 1 heterocycles. The minimum Gasteiger partial charge on any atom is -0.493 e. The normalized spacial score (nSPS) is 10.8. The molecule has 0 atom stereocenters. The van der Waals surface area contributed by atoms with Gasteiger partial charge < -0.3 is 24.5 Å². The molecule has 0 saturated carbocycles. The quantitative estimate of drug-likeness (QED) is 0.838. The number of carbonyl (C=O) groups excluding carboxylic acids is 1. The lowest BCUT2D eigenvalue weighted by Gasteiger charge is -2.18. The number of nitrogens with zero attached hydrogens (tertiary/aromatic N) is 1. The maximum Gasteiger partial charge on any atom is 0.387 e. The second kappa shape index (κ2) is 7.78. The van der Waals surface area contributed by atoms with Crippen molar-refractivity contribution in [2.24, 2.45) is 5.73 Å². The molecule has 0 unspecified atom stereocenters. The van der Waals surface area contributed by atoms with Crippen LogP contribution in [-0.4, -0.2) is 31.6 Å². The highest BCUT2D eigenvalue weighted by Gasteiger charge is 2.17. The zero-order chi connectivity index (χ0) is 17.7. The van der Waals surface area contributed by atoms with Crippen LogP contribution in [0.2, 0.25) is 0 Å². The molecule has 1 aromatic carbocycles. The Morgan fingerprint density at radius 2 is 2.08 bits per heavy atom. The third kappa shape index (κ3) is 4.23. The van der Waals surface area contributed by atoms with Crippen LogP contribution < -0.4 is 15.2 Å². The second-order valence-electron chi connectivity index (χ2n) is 5.03. The molecule has 0 bridgehead atoms. The maximum atomic E-state index is 12.5. The van der Waals surface area contributed by atoms with E-state index in [9.17, 15) is 13.6 Å². The number of methoxy groups -OCH3 is 1. The zero-order valence-corrected chi connectivity index (χ0v) is 13.3. The summed E-state index contributed by atoms with van der Waals surface area (Å²) in [5.41, 5.74) is 6.43. The number of amides is 1. The number of benzene rings is 1. The molecule has 2 aromatic rings. The van der Waals surface area contributed by atoms with E-state index in [4.69, 9.17) is 14.9 Å². The predicted molar refractivity (Wildman–Crippen MR) is 82.0 cm³/mol. The minimum atomic E-state index is -2.96. The predicted octanol–water partition coefficient (Wildman–Crippen LogP) is 2.62. The number of alkyl halides is 2. The van der Waals surface area contributed by atoms with Gasteiger partial charge in [0.2, 0.25) is 0 Å². The number of carbonyl (C=O) groups is 1. The summed E-state index contributed by atoms with van der Waals surface area (Å²) in [6.07, 6.45) is 1.33. The third-order valence-electron chi connectivity index (χ3n) is 3.31. The fourth-order valence-electron chi connectivity index (χ4n) is 2.17. The molecular formula is C16H18F2N2O4. The summed E-state index contributed by atoms with van der Waals surface area (Å²) in [7, 11) is 2.95. The number of halogens is 2. The van der Waals surface area contributed by atoms with E-state index in [-0.39, 0.29) is 30.5 Å². The van der Waals surface area contributed by atoms with Crippen LogP contribution in [0.1, 0.15) is 21.7 Å². The summed E-state index contributed by atoms with van der Waals surface area (Å²) < 4.78 is 39.4. The summed E-state index contributed by atoms with van der Waals surface area (Å²) in [4.78, 5) is 13.7. The number of hydrogen-bond donors (Lipinski definition) is 1. The fourth-order valence-corrected chi connectivity index (χ4v) is 2.17. The molecule has 0 radical (unpaired) electrons. The minimum absolute atomic E-state index is 0.0837. The molecule has 6 nitrogen and oxygen atoms in total. The second-order valence-corrected chi connectivity index (χ2v) is 5.03. The van der Waals surface area contributed by atoms with Crippen LogP contribution in [0.3, 0.4) is 0 Å². The van der Waals surface area contributed by atoms with Crippen molar-refractivity contribution in [3.63, 3.8) is 0 Å². The van der Waals surface area contributed by atoms with Gasteiger partial charge in [0.05, 0.1) is 19.2 Å². The maximum absolute atomic E-state index is 12.5. The Kier molecular flexibility index (Phi) is 5.75. The first-order valence-corrected chi connectivity index (χ1v) is 7.09. The first-order valence-electron chi connectivity index (χ1n) is 7.09. The van der Waals surface area contributed by atoms with E-state index in [1.54, 1.807) is 19.2 Å². The number of nitrogens with two attached hydrogens (primary N) is 1. The third-order valence-corrected chi connectivity index (χ3v) is 3.31. The van der Waals surface area contributed by atoms with E-state index in [1.165, 1.54) is 30.4 Å². The van der Waals surface area contributed by atoms with E-state index in [1.807, 2.05) is 0 Å². The van der Waals surface area contributed by atoms with Crippen molar-refractivity contribution in [2.75, 3.05) is 14.2 Å². The van der Waals surface area contributed by atoms with Crippen LogP contribution >= 0.6 is 0 Å². The van der Waals surface area contributed by atoms with Gasteiger partial charge in [0, 0.05) is 13.6 Å². The van der Waals surface area contributed by atoms with Gasteiger partial charge >= 0.3 is 6.61 Å². The molecule has 2 rings (SSSR count). The van der Waals surface area contributed by atoms with Gasteiger partial charge in [-0.2, -0.15) is 8.78 Å². The van der Waals surface area contributed by atoms with Crippen LogP contribution in [0.25, 0.3) is 0 Å². The van der Waals surface area contributed by atoms with Crippen LogP contribution in [0.5, 0.6) is 11.5 Å². The van der Waals surface area contributed by atoms with Gasteiger partial charge in [-0.3, -0.25) is 4.79 Å². The summed E-state index contributed by atoms with van der Waals surface area (Å²) in [5, 5.41) is 0. The van der Waals surface area contributed by atoms with Crippen LogP contribution in [0, 0.1) is 0 Å². The molecule has 0 aliphatic heterocycles. The van der Waals surface area contributed by atoms with Gasteiger partial charge in [0.15, 0.2) is 11.5 Å². The fraction of sp³-hybridized carbons (Fsp3) is 0.312. The number of furan rings is 1. The summed E-state index contributed by atoms with van der Waals surface area (Å²) >= 11 is 0. The van der Waals surface area contributed by atoms with Gasteiger partial charge in [0.1, 0.15) is 12.0 Å². The van der Waals surface area contributed by atoms with Crippen LogP contribution in [0.4, 0.5) is 8.78 Å². The van der Waals surface area contributed by atoms with E-state index in [0.717, 1.165) is 0 Å². The highest BCUT2D eigenvalue weighted by Crippen LogP contribution is 2.30. The summed E-state index contributed by atoms with van der Waals surface area (Å²) in [5.74, 6) is 0.337. The van der Waals surface area contributed by atoms with Crippen molar-refractivity contribution in [3.05, 3.63) is 47.4 Å². The molecular weight excluding hydrogens is 322 g/mol. The molecule has 2 N–H and O–H groups in total. The average molecular weight is 340 g/mol. The van der Waals surface area contributed by atoms with Crippen molar-refractivity contribution in [1.82, 2.24) is 4.90 Å². The lowest BCUT2D eigenvalue weighted by Crippen LogP contribution is -2.25. The van der Waals surface area contributed by atoms with Gasteiger partial charge in [0.25, 0.3) is 5.91 Å². The molecule has 0 fully saturated rings. The molecule has 0 spiro atoms. The van der Waals surface area contributed by atoms with E-state index >= 15 is 0 Å². The first-order chi connectivity index (χ1) is 11.4. The molecule has 24 heavy (non-hydrogen) atoms. The monoisotopic (exact) mass is 340 g/mol. The standard InChI is InChI=1S/C16H18F2N2O4/c1-20(15(21)11-6-12(7-19)23-9-11)8-10-3-4-13(22-2)14(5-10)24-16(17)18/h3-6,9,16H,7-8,19H2,1-2H3. The number of ether oxygens (including phenoxy) is 2. The number of hydrogen-bond acceptors (Lipinski definition) is 5. The van der Waals surface area contributed by atoms with Crippen molar-refractivity contribution in [1.29, 1.82) is 0 Å². The lowest BCUT2D eigenvalue weighted by atomic mass is 10.1. The smallest absolute Gasteiger partial charge is 0.387 e. The van der Waals surface area contributed by atoms with Crippen molar-refractivity contribution >= 4 is 5.91 Å². The Morgan fingerprint density at radius 3 is 2.67 bits per heavy atom. The van der Waals surface area contributed by atoms with Gasteiger partial charge in [-0.1, -0.05) is 6.07 Å². The van der Waals surface area contributed by atoms with Gasteiger partial charge in [-0.05, 0) is 23.8 Å². The van der Waals surface area contributed by atoms with Crippen molar-refractivity contribution < 1.29 is 27.5 Å². The summed E-state index contributed by atoms with van der Waals surface area (Å²) in [6, 6.07) is 6.16. The van der Waals surface area contributed by atoms with Crippen LogP contribution in [0.15, 0.2) is 34.9 Å². The molecule has 130 valence electrons. The van der Waals surface area contributed by atoms with E-state index < -0.39 is 6.61 Å². The Bertz CT molecular complexity index is 703. The topological polar surface area (TPSA) is 77.9 Å². The average Bonchev–Trinajstić information content (AvgIpc) is 3.03. The molecule has 1 aromatic heterocycles. The van der Waals surface area contributed by atoms with Crippen molar-refractivity contribution in [2.45, 2.75) is 19.7 Å². The molecule has 8 heteroatoms. The van der Waals surface area contributed by atoms with Crippen LogP contribution in [-0.2, 0) is 13.1 Å². The highest BCUT2D eigenvalue weighted by atomic mass is 19.3. The van der Waals surface area contributed by atoms with Gasteiger partial charge in [-0.25, -0.2) is 0 Å². The van der Waals surface area contributed by atoms with Crippen molar-refractivity contribution in [3.8, 4) is 11.5 Å². The molecule has 1 amide bonds. The Balaban J connectivity index is 2.12. The first kappa shape index (κ1) is 17.7. The molecule has 0 saturated heterocycles. The van der Waals surface area contributed by atoms with E-state index in [0.29, 0.717) is 16.9 Å². The SMILES string of the molecule is COc1ccc(CN(C)C(=O)c2coc(CN)c2)cc1OC(F)F. The Hall–Kier alpha value is -2.61. The molecule has 0 aliphatic rings. The summed E-state index contributed by atoms with van der Waals surface area (Å²) in [6.45, 7) is -2.57. The van der Waals surface area contributed by atoms with Gasteiger partial charge in [-0.15, -0.1) is 0 Å². The van der Waals surface area contributed by atoms with E-state index in [2.05, 4.69) is 4.74 Å². The Morgan fingerprint density at radius 1 is 1.33 bits per heavy atom.